The number of hydrogen-bond acceptors (Lipinski definition) is 2. The molecule has 1 heterocycles. The molecule has 24 heavy (non-hydrogen) atoms. The summed E-state index contributed by atoms with van der Waals surface area (Å²) in [7, 11) is 0. The molecule has 0 saturated heterocycles. The van der Waals surface area contributed by atoms with Crippen LogP contribution in [0.4, 0.5) is 5.95 Å². The minimum atomic E-state index is 0.815. The summed E-state index contributed by atoms with van der Waals surface area (Å²) >= 11 is 0. The first-order valence-electron chi connectivity index (χ1n) is 8.16. The predicted molar refractivity (Wildman–Crippen MR) is 98.9 cm³/mol. The zero-order valence-electron chi connectivity index (χ0n) is 13.4. The maximum absolute atomic E-state index is 4.78. The van der Waals surface area contributed by atoms with Crippen molar-refractivity contribution in [3.63, 3.8) is 0 Å². The maximum atomic E-state index is 4.78. The molecule has 4 rings (SSSR count). The zero-order valence-corrected chi connectivity index (χ0v) is 13.4. The Kier molecular flexibility index (Phi) is 3.98. The Labute approximate surface area is 141 Å². The van der Waals surface area contributed by atoms with Crippen molar-refractivity contribution in [1.29, 1.82) is 0 Å². The van der Waals surface area contributed by atoms with Gasteiger partial charge in [-0.2, -0.15) is 0 Å². The lowest BCUT2D eigenvalue weighted by atomic mass is 10.2. The summed E-state index contributed by atoms with van der Waals surface area (Å²) in [5.41, 5.74) is 4.61. The van der Waals surface area contributed by atoms with Crippen LogP contribution in [0, 0.1) is 0 Å². The number of hydrogen-bond donors (Lipinski definition) is 1. The van der Waals surface area contributed by atoms with Gasteiger partial charge in [-0.05, 0) is 23.3 Å². The number of rotatable bonds is 5. The fourth-order valence-electron chi connectivity index (χ4n) is 2.90. The monoisotopic (exact) mass is 313 g/mol. The molecule has 0 aliphatic rings. The van der Waals surface area contributed by atoms with E-state index in [0.29, 0.717) is 0 Å². The summed E-state index contributed by atoms with van der Waals surface area (Å²) < 4.78 is 0. The summed E-state index contributed by atoms with van der Waals surface area (Å²) in [6.45, 7) is 1.63. The number of nitrogens with one attached hydrogen (secondary N) is 1. The number of benzene rings is 3. The van der Waals surface area contributed by atoms with Gasteiger partial charge in [0.2, 0.25) is 5.95 Å². The molecule has 0 aliphatic heterocycles. The third kappa shape index (κ3) is 3.15. The van der Waals surface area contributed by atoms with Gasteiger partial charge >= 0.3 is 0 Å². The molecule has 1 N–H and O–H groups in total. The van der Waals surface area contributed by atoms with E-state index in [9.17, 15) is 0 Å². The molecule has 1 aromatic heterocycles. The smallest absolute Gasteiger partial charge is 0.204 e. The molecule has 3 heteroatoms. The average Bonchev–Trinajstić information content (AvgIpc) is 3.07. The molecule has 0 saturated carbocycles. The SMILES string of the molecule is c1ccc(CN(Cc2ccccc2)c2nc3ccccc3[nH]2)cc1. The molecule has 0 bridgehead atoms. The topological polar surface area (TPSA) is 31.9 Å². The minimum absolute atomic E-state index is 0.815. The van der Waals surface area contributed by atoms with Crippen molar-refractivity contribution in [3.8, 4) is 0 Å². The Morgan fingerprint density at radius 1 is 0.667 bits per heavy atom. The molecule has 0 fully saturated rings. The average molecular weight is 313 g/mol. The number of para-hydroxylation sites is 2. The lowest BCUT2D eigenvalue weighted by Crippen LogP contribution is -2.23. The van der Waals surface area contributed by atoms with E-state index >= 15 is 0 Å². The van der Waals surface area contributed by atoms with Gasteiger partial charge < -0.3 is 9.88 Å². The van der Waals surface area contributed by atoms with Crippen LogP contribution in [-0.2, 0) is 13.1 Å². The number of nitrogens with zero attached hydrogens (tertiary/aromatic N) is 2. The second-order valence-corrected chi connectivity index (χ2v) is 5.90. The second-order valence-electron chi connectivity index (χ2n) is 5.90. The fourth-order valence-corrected chi connectivity index (χ4v) is 2.90. The largest absolute Gasteiger partial charge is 0.334 e. The molecular weight excluding hydrogens is 294 g/mol. The van der Waals surface area contributed by atoms with Crippen molar-refractivity contribution in [2.24, 2.45) is 0 Å². The van der Waals surface area contributed by atoms with Gasteiger partial charge in [0.05, 0.1) is 11.0 Å². The number of anilines is 1. The van der Waals surface area contributed by atoms with E-state index in [1.807, 2.05) is 30.3 Å². The van der Waals surface area contributed by atoms with Gasteiger partial charge in [0.25, 0.3) is 0 Å². The van der Waals surface area contributed by atoms with E-state index in [1.54, 1.807) is 0 Å². The van der Waals surface area contributed by atoms with E-state index in [1.165, 1.54) is 11.1 Å². The van der Waals surface area contributed by atoms with Crippen LogP contribution in [0.15, 0.2) is 84.9 Å². The van der Waals surface area contributed by atoms with E-state index in [0.717, 1.165) is 30.1 Å². The van der Waals surface area contributed by atoms with Gasteiger partial charge in [-0.3, -0.25) is 0 Å². The number of fused-ring (bicyclic) bond motifs is 1. The number of aromatic amines is 1. The summed E-state index contributed by atoms with van der Waals surface area (Å²) in [6, 6.07) is 29.2. The standard InChI is InChI=1S/C21H19N3/c1-3-9-17(10-4-1)15-24(16-18-11-5-2-6-12-18)21-22-19-13-7-8-14-20(19)23-21/h1-14H,15-16H2,(H,22,23). The zero-order chi connectivity index (χ0) is 16.2. The van der Waals surface area contributed by atoms with Crippen LogP contribution in [0.3, 0.4) is 0 Å². The van der Waals surface area contributed by atoms with E-state index in [4.69, 9.17) is 4.98 Å². The predicted octanol–water partition coefficient (Wildman–Crippen LogP) is 4.77. The second kappa shape index (κ2) is 6.59. The Hall–Kier alpha value is -3.07. The molecule has 0 amide bonds. The van der Waals surface area contributed by atoms with E-state index in [2.05, 4.69) is 64.5 Å². The van der Waals surface area contributed by atoms with Gasteiger partial charge in [0.1, 0.15) is 0 Å². The van der Waals surface area contributed by atoms with Gasteiger partial charge in [0.15, 0.2) is 0 Å². The summed E-state index contributed by atoms with van der Waals surface area (Å²) in [6.07, 6.45) is 0. The lowest BCUT2D eigenvalue weighted by molar-refractivity contribution is 0.773. The molecule has 4 aromatic rings. The molecule has 0 aliphatic carbocycles. The highest BCUT2D eigenvalue weighted by molar-refractivity contribution is 5.77. The highest BCUT2D eigenvalue weighted by atomic mass is 15.3. The highest BCUT2D eigenvalue weighted by Gasteiger charge is 2.12. The molecule has 0 spiro atoms. The first-order chi connectivity index (χ1) is 11.9. The molecule has 0 unspecified atom stereocenters. The van der Waals surface area contributed by atoms with Crippen molar-refractivity contribution in [2.75, 3.05) is 4.90 Å². The molecule has 0 radical (unpaired) electrons. The quantitative estimate of drug-likeness (QED) is 0.575. The minimum Gasteiger partial charge on any atom is -0.334 e. The van der Waals surface area contributed by atoms with Crippen molar-refractivity contribution in [1.82, 2.24) is 9.97 Å². The van der Waals surface area contributed by atoms with Crippen LogP contribution >= 0.6 is 0 Å². The lowest BCUT2D eigenvalue weighted by Gasteiger charge is -2.22. The first kappa shape index (κ1) is 14.5. The molecule has 3 aromatic carbocycles. The van der Waals surface area contributed by atoms with Crippen molar-refractivity contribution in [3.05, 3.63) is 96.1 Å². The molecule has 0 atom stereocenters. The maximum Gasteiger partial charge on any atom is 0.204 e. The van der Waals surface area contributed by atoms with Crippen LogP contribution in [0.1, 0.15) is 11.1 Å². The van der Waals surface area contributed by atoms with Gasteiger partial charge in [0, 0.05) is 13.1 Å². The van der Waals surface area contributed by atoms with Gasteiger partial charge in [-0.1, -0.05) is 72.8 Å². The summed E-state index contributed by atoms with van der Waals surface area (Å²) in [5.74, 6) is 0.906. The summed E-state index contributed by atoms with van der Waals surface area (Å²) in [5, 5.41) is 0. The Morgan fingerprint density at radius 3 is 1.79 bits per heavy atom. The normalized spacial score (nSPS) is 10.8. The fraction of sp³-hybridized carbons (Fsp3) is 0.0952. The van der Waals surface area contributed by atoms with Crippen LogP contribution < -0.4 is 4.90 Å². The van der Waals surface area contributed by atoms with Crippen LogP contribution in [0.25, 0.3) is 11.0 Å². The number of aromatic nitrogens is 2. The first-order valence-corrected chi connectivity index (χ1v) is 8.16. The molecule has 3 nitrogen and oxygen atoms in total. The molecular formula is C21H19N3. The van der Waals surface area contributed by atoms with Crippen molar-refractivity contribution < 1.29 is 0 Å². The third-order valence-corrected chi connectivity index (χ3v) is 4.11. The molecule has 118 valence electrons. The van der Waals surface area contributed by atoms with Crippen molar-refractivity contribution >= 4 is 17.0 Å². The Balaban J connectivity index is 1.68. The highest BCUT2D eigenvalue weighted by Crippen LogP contribution is 2.21. The number of imidazole rings is 1. The number of H-pyrrole nitrogens is 1. The van der Waals surface area contributed by atoms with Crippen molar-refractivity contribution in [2.45, 2.75) is 13.1 Å². The Bertz CT molecular complexity index is 839. The van der Waals surface area contributed by atoms with Gasteiger partial charge in [-0.25, -0.2) is 4.98 Å². The van der Waals surface area contributed by atoms with E-state index in [-0.39, 0.29) is 0 Å². The van der Waals surface area contributed by atoms with Crippen LogP contribution in [0.5, 0.6) is 0 Å². The van der Waals surface area contributed by atoms with Crippen LogP contribution in [0.2, 0.25) is 0 Å². The Morgan fingerprint density at radius 2 is 1.21 bits per heavy atom. The summed E-state index contributed by atoms with van der Waals surface area (Å²) in [4.78, 5) is 10.5. The van der Waals surface area contributed by atoms with Crippen LogP contribution in [-0.4, -0.2) is 9.97 Å². The third-order valence-electron chi connectivity index (χ3n) is 4.11. The van der Waals surface area contributed by atoms with E-state index < -0.39 is 0 Å². The van der Waals surface area contributed by atoms with Gasteiger partial charge in [-0.15, -0.1) is 0 Å².